The molecule has 1 amide bonds. The largest absolute Gasteiger partial charge is 0.355 e. The molecule has 2 aliphatic rings. The Morgan fingerprint density at radius 1 is 1.13 bits per heavy atom. The fourth-order valence-corrected chi connectivity index (χ4v) is 4.59. The van der Waals surface area contributed by atoms with Crippen LogP contribution in [0.25, 0.3) is 11.3 Å². The third kappa shape index (κ3) is 4.15. The highest BCUT2D eigenvalue weighted by Crippen LogP contribution is 2.28. The van der Waals surface area contributed by atoms with Crippen LogP contribution in [0.4, 0.5) is 0 Å². The lowest BCUT2D eigenvalue weighted by Gasteiger charge is -2.30. The van der Waals surface area contributed by atoms with E-state index < -0.39 is 0 Å². The first kappa shape index (κ1) is 19.7. The van der Waals surface area contributed by atoms with Gasteiger partial charge in [0.1, 0.15) is 0 Å². The number of aryl methyl sites for hydroxylation is 2. The van der Waals surface area contributed by atoms with Gasteiger partial charge >= 0.3 is 0 Å². The molecule has 3 aromatic rings. The van der Waals surface area contributed by atoms with Crippen molar-refractivity contribution in [3.8, 4) is 11.3 Å². The van der Waals surface area contributed by atoms with Gasteiger partial charge in [-0.2, -0.15) is 5.10 Å². The van der Waals surface area contributed by atoms with Crippen LogP contribution in [0, 0.1) is 0 Å². The first-order valence-electron chi connectivity index (χ1n) is 11.0. The van der Waals surface area contributed by atoms with Gasteiger partial charge in [-0.25, -0.2) is 4.68 Å². The van der Waals surface area contributed by atoms with Gasteiger partial charge in [-0.15, -0.1) is 0 Å². The molecular weight excluding hydrogens is 394 g/mol. The molecule has 0 aliphatic heterocycles. The van der Waals surface area contributed by atoms with Crippen molar-refractivity contribution in [2.45, 2.75) is 63.5 Å². The molecular formula is C23H25N5O3. The Labute approximate surface area is 179 Å². The van der Waals surface area contributed by atoms with E-state index in [1.807, 2.05) is 6.07 Å². The molecule has 1 N–H and O–H groups in total. The van der Waals surface area contributed by atoms with Gasteiger partial charge in [0.2, 0.25) is 0 Å². The molecule has 0 aromatic carbocycles. The Bertz CT molecular complexity index is 1130. The summed E-state index contributed by atoms with van der Waals surface area (Å²) in [6.07, 6.45) is 10.8. The summed E-state index contributed by atoms with van der Waals surface area (Å²) in [7, 11) is 0. The number of aromatic nitrogens is 4. The third-order valence-corrected chi connectivity index (χ3v) is 6.30. The van der Waals surface area contributed by atoms with Gasteiger partial charge in [0, 0.05) is 36.1 Å². The molecule has 3 heterocycles. The summed E-state index contributed by atoms with van der Waals surface area (Å²) in [5, 5.41) is 11.6. The van der Waals surface area contributed by atoms with Crippen LogP contribution >= 0.6 is 0 Å². The molecule has 31 heavy (non-hydrogen) atoms. The van der Waals surface area contributed by atoms with E-state index in [0.29, 0.717) is 5.76 Å². The second-order valence-electron chi connectivity index (χ2n) is 8.40. The van der Waals surface area contributed by atoms with Crippen molar-refractivity contribution in [1.29, 1.82) is 0 Å². The molecule has 5 rings (SSSR count). The van der Waals surface area contributed by atoms with Crippen LogP contribution in [0.2, 0.25) is 0 Å². The summed E-state index contributed by atoms with van der Waals surface area (Å²) in [5.41, 5.74) is 3.23. The highest BCUT2D eigenvalue weighted by atomic mass is 16.5. The monoisotopic (exact) mass is 419 g/mol. The number of pyridine rings is 1. The maximum absolute atomic E-state index is 12.6. The van der Waals surface area contributed by atoms with E-state index in [-0.39, 0.29) is 29.2 Å². The molecule has 0 unspecified atom stereocenters. The summed E-state index contributed by atoms with van der Waals surface area (Å²) in [5.74, 6) is 0.270. The molecule has 0 saturated heterocycles. The molecule has 0 bridgehead atoms. The third-order valence-electron chi connectivity index (χ3n) is 6.30. The van der Waals surface area contributed by atoms with Crippen LogP contribution in [0.3, 0.4) is 0 Å². The fraction of sp³-hybridized carbons (Fsp3) is 0.435. The standard InChI is InChI=1S/C23H25N5O3/c29-22-12-15-4-1-2-6-19(15)26-28(22)18-9-7-17(8-10-18)25-23(30)20-13-21(31-27-20)16-5-3-11-24-14-16/h3,5,11-14,17-18H,1-2,4,6-10H2,(H,25,30). The first-order chi connectivity index (χ1) is 15.2. The van der Waals surface area contributed by atoms with Crippen molar-refractivity contribution in [3.63, 3.8) is 0 Å². The predicted octanol–water partition coefficient (Wildman–Crippen LogP) is 3.09. The number of nitrogens with one attached hydrogen (secondary N) is 1. The average Bonchev–Trinajstić information content (AvgIpc) is 3.30. The van der Waals surface area contributed by atoms with Crippen molar-refractivity contribution in [1.82, 2.24) is 25.2 Å². The van der Waals surface area contributed by atoms with Crippen molar-refractivity contribution >= 4 is 5.91 Å². The number of amides is 1. The van der Waals surface area contributed by atoms with Gasteiger partial charge in [-0.1, -0.05) is 5.16 Å². The Balaban J connectivity index is 1.20. The van der Waals surface area contributed by atoms with Crippen molar-refractivity contribution < 1.29 is 9.32 Å². The number of rotatable bonds is 4. The Hall–Kier alpha value is -3.29. The van der Waals surface area contributed by atoms with E-state index >= 15 is 0 Å². The van der Waals surface area contributed by atoms with Gasteiger partial charge in [0.15, 0.2) is 11.5 Å². The first-order valence-corrected chi connectivity index (χ1v) is 11.0. The smallest absolute Gasteiger partial charge is 0.273 e. The van der Waals surface area contributed by atoms with Crippen LogP contribution in [0.5, 0.6) is 0 Å². The predicted molar refractivity (Wildman–Crippen MR) is 114 cm³/mol. The molecule has 2 aliphatic carbocycles. The normalized spacial score (nSPS) is 20.8. The highest BCUT2D eigenvalue weighted by Gasteiger charge is 2.27. The maximum atomic E-state index is 12.6. The lowest BCUT2D eigenvalue weighted by atomic mass is 9.91. The van der Waals surface area contributed by atoms with Crippen LogP contribution in [0.1, 0.15) is 66.3 Å². The quantitative estimate of drug-likeness (QED) is 0.697. The van der Waals surface area contributed by atoms with Gasteiger partial charge in [-0.3, -0.25) is 14.6 Å². The highest BCUT2D eigenvalue weighted by molar-refractivity contribution is 5.93. The maximum Gasteiger partial charge on any atom is 0.273 e. The second kappa shape index (κ2) is 8.45. The van der Waals surface area contributed by atoms with E-state index in [9.17, 15) is 9.59 Å². The zero-order valence-corrected chi connectivity index (χ0v) is 17.3. The SMILES string of the molecule is O=C(NC1CCC(n2nc3c(cc2=O)CCCC3)CC1)c1cc(-c2cccnc2)on1. The molecule has 0 atom stereocenters. The summed E-state index contributed by atoms with van der Waals surface area (Å²) < 4.78 is 6.98. The van der Waals surface area contributed by atoms with E-state index in [1.54, 1.807) is 35.3 Å². The van der Waals surface area contributed by atoms with Crippen molar-refractivity contribution in [2.75, 3.05) is 0 Å². The summed E-state index contributed by atoms with van der Waals surface area (Å²) in [4.78, 5) is 29.2. The molecule has 1 fully saturated rings. The van der Waals surface area contributed by atoms with E-state index in [1.165, 1.54) is 0 Å². The molecule has 0 radical (unpaired) electrons. The minimum atomic E-state index is -0.244. The molecule has 1 saturated carbocycles. The minimum absolute atomic E-state index is 0.00124. The summed E-state index contributed by atoms with van der Waals surface area (Å²) >= 11 is 0. The van der Waals surface area contributed by atoms with Gasteiger partial charge in [-0.05, 0) is 69.1 Å². The van der Waals surface area contributed by atoms with Crippen LogP contribution < -0.4 is 10.9 Å². The summed E-state index contributed by atoms with van der Waals surface area (Å²) in [6, 6.07) is 7.22. The minimum Gasteiger partial charge on any atom is -0.355 e. The lowest BCUT2D eigenvalue weighted by Crippen LogP contribution is -2.40. The second-order valence-corrected chi connectivity index (χ2v) is 8.40. The number of carbonyl (C=O) groups is 1. The van der Waals surface area contributed by atoms with E-state index in [2.05, 4.69) is 15.5 Å². The van der Waals surface area contributed by atoms with Crippen LogP contribution in [-0.4, -0.2) is 31.9 Å². The average molecular weight is 419 g/mol. The number of hydrogen-bond acceptors (Lipinski definition) is 6. The topological polar surface area (TPSA) is 103 Å². The van der Waals surface area contributed by atoms with Crippen molar-refractivity contribution in [3.05, 3.63) is 64.0 Å². The van der Waals surface area contributed by atoms with Crippen molar-refractivity contribution in [2.24, 2.45) is 0 Å². The van der Waals surface area contributed by atoms with Crippen LogP contribution in [-0.2, 0) is 12.8 Å². The van der Waals surface area contributed by atoms with Crippen LogP contribution in [0.15, 0.2) is 46.0 Å². The number of fused-ring (bicyclic) bond motifs is 1. The summed E-state index contributed by atoms with van der Waals surface area (Å²) in [6.45, 7) is 0. The van der Waals surface area contributed by atoms with E-state index in [4.69, 9.17) is 9.62 Å². The number of nitrogens with zero attached hydrogens (tertiary/aromatic N) is 4. The number of hydrogen-bond donors (Lipinski definition) is 1. The lowest BCUT2D eigenvalue weighted by molar-refractivity contribution is 0.0912. The van der Waals surface area contributed by atoms with Gasteiger partial charge < -0.3 is 9.84 Å². The van der Waals surface area contributed by atoms with Gasteiger partial charge in [0.25, 0.3) is 11.5 Å². The molecule has 3 aromatic heterocycles. The zero-order chi connectivity index (χ0) is 21.2. The molecule has 0 spiro atoms. The zero-order valence-electron chi connectivity index (χ0n) is 17.3. The molecule has 8 nitrogen and oxygen atoms in total. The molecule has 160 valence electrons. The number of carbonyl (C=O) groups excluding carboxylic acids is 1. The molecule has 8 heteroatoms. The Morgan fingerprint density at radius 2 is 1.97 bits per heavy atom. The van der Waals surface area contributed by atoms with E-state index in [0.717, 1.165) is 68.2 Å². The Morgan fingerprint density at radius 3 is 2.77 bits per heavy atom. The van der Waals surface area contributed by atoms with Gasteiger partial charge in [0.05, 0.1) is 11.7 Å². The fourth-order valence-electron chi connectivity index (χ4n) is 4.59. The Kier molecular flexibility index (Phi) is 5.36.